The minimum atomic E-state index is 0.778. The molecule has 1 aromatic heterocycles. The number of anilines is 1. The first kappa shape index (κ1) is 11.3. The van der Waals surface area contributed by atoms with Crippen LogP contribution in [0.4, 0.5) is 5.69 Å². The molecule has 1 N–H and O–H groups in total. The highest BCUT2D eigenvalue weighted by Crippen LogP contribution is 2.25. The molecule has 1 heterocycles. The Morgan fingerprint density at radius 3 is 2.83 bits per heavy atom. The SMILES string of the molecule is Cc1noc(C)c1CNc1ccc2c(c1)CCC2. The van der Waals surface area contributed by atoms with Gasteiger partial charge in [0.1, 0.15) is 5.76 Å². The van der Waals surface area contributed by atoms with Crippen LogP contribution in [0.3, 0.4) is 0 Å². The van der Waals surface area contributed by atoms with Crippen LogP contribution in [0.25, 0.3) is 0 Å². The Morgan fingerprint density at radius 2 is 2.06 bits per heavy atom. The fourth-order valence-electron chi connectivity index (χ4n) is 2.63. The minimum absolute atomic E-state index is 0.778. The van der Waals surface area contributed by atoms with Crippen LogP contribution in [0.15, 0.2) is 22.7 Å². The maximum absolute atomic E-state index is 5.17. The van der Waals surface area contributed by atoms with Crippen LogP contribution < -0.4 is 5.32 Å². The molecule has 3 heteroatoms. The summed E-state index contributed by atoms with van der Waals surface area (Å²) in [5, 5.41) is 7.43. The van der Waals surface area contributed by atoms with E-state index in [2.05, 4.69) is 28.7 Å². The van der Waals surface area contributed by atoms with Crippen LogP contribution >= 0.6 is 0 Å². The van der Waals surface area contributed by atoms with E-state index in [0.717, 1.165) is 23.6 Å². The molecular formula is C15H18N2O. The predicted molar refractivity (Wildman–Crippen MR) is 71.8 cm³/mol. The monoisotopic (exact) mass is 242 g/mol. The molecule has 0 spiro atoms. The second-order valence-electron chi connectivity index (χ2n) is 4.99. The van der Waals surface area contributed by atoms with Gasteiger partial charge in [-0.3, -0.25) is 0 Å². The highest BCUT2D eigenvalue weighted by molar-refractivity contribution is 5.50. The molecule has 1 aliphatic carbocycles. The molecule has 1 aliphatic rings. The van der Waals surface area contributed by atoms with E-state index in [1.54, 1.807) is 0 Å². The van der Waals surface area contributed by atoms with E-state index in [4.69, 9.17) is 4.52 Å². The molecule has 0 amide bonds. The number of aromatic nitrogens is 1. The van der Waals surface area contributed by atoms with Crippen LogP contribution in [-0.4, -0.2) is 5.16 Å². The molecule has 2 aromatic rings. The number of benzene rings is 1. The van der Waals surface area contributed by atoms with E-state index in [1.807, 2.05) is 13.8 Å². The highest BCUT2D eigenvalue weighted by Gasteiger charge is 2.12. The van der Waals surface area contributed by atoms with E-state index in [0.29, 0.717) is 0 Å². The number of rotatable bonds is 3. The average molecular weight is 242 g/mol. The van der Waals surface area contributed by atoms with Crippen molar-refractivity contribution in [2.45, 2.75) is 39.7 Å². The summed E-state index contributed by atoms with van der Waals surface area (Å²) in [5.41, 5.74) is 6.34. The van der Waals surface area contributed by atoms with E-state index < -0.39 is 0 Å². The van der Waals surface area contributed by atoms with Crippen molar-refractivity contribution in [1.29, 1.82) is 0 Å². The molecule has 1 aromatic carbocycles. The number of fused-ring (bicyclic) bond motifs is 1. The lowest BCUT2D eigenvalue weighted by Crippen LogP contribution is -2.01. The lowest BCUT2D eigenvalue weighted by Gasteiger charge is -2.08. The third-order valence-electron chi connectivity index (χ3n) is 3.75. The van der Waals surface area contributed by atoms with Crippen LogP contribution in [0.5, 0.6) is 0 Å². The number of aryl methyl sites for hydroxylation is 4. The highest BCUT2D eigenvalue weighted by atomic mass is 16.5. The van der Waals surface area contributed by atoms with E-state index >= 15 is 0 Å². The Kier molecular flexibility index (Phi) is 2.82. The maximum Gasteiger partial charge on any atom is 0.138 e. The summed E-state index contributed by atoms with van der Waals surface area (Å²) in [6, 6.07) is 6.70. The van der Waals surface area contributed by atoms with Gasteiger partial charge in [0, 0.05) is 17.8 Å². The van der Waals surface area contributed by atoms with Crippen molar-refractivity contribution in [3.63, 3.8) is 0 Å². The quantitative estimate of drug-likeness (QED) is 0.896. The van der Waals surface area contributed by atoms with Gasteiger partial charge in [-0.15, -0.1) is 0 Å². The van der Waals surface area contributed by atoms with Crippen molar-refractivity contribution in [3.05, 3.63) is 46.3 Å². The largest absolute Gasteiger partial charge is 0.381 e. The van der Waals surface area contributed by atoms with Crippen LogP contribution in [0.1, 0.15) is 34.6 Å². The summed E-state index contributed by atoms with van der Waals surface area (Å²) in [4.78, 5) is 0. The molecule has 0 saturated heterocycles. The first-order chi connectivity index (χ1) is 8.74. The molecular weight excluding hydrogens is 224 g/mol. The van der Waals surface area contributed by atoms with Crippen LogP contribution in [0, 0.1) is 13.8 Å². The first-order valence-corrected chi connectivity index (χ1v) is 6.51. The van der Waals surface area contributed by atoms with Crippen molar-refractivity contribution in [2.75, 3.05) is 5.32 Å². The van der Waals surface area contributed by atoms with Crippen molar-refractivity contribution >= 4 is 5.69 Å². The van der Waals surface area contributed by atoms with E-state index in [9.17, 15) is 0 Å². The summed E-state index contributed by atoms with van der Waals surface area (Å²) in [5.74, 6) is 0.904. The van der Waals surface area contributed by atoms with Gasteiger partial charge < -0.3 is 9.84 Å². The topological polar surface area (TPSA) is 38.1 Å². The molecule has 0 radical (unpaired) electrons. The average Bonchev–Trinajstić information content (AvgIpc) is 2.94. The zero-order chi connectivity index (χ0) is 12.5. The molecule has 0 bridgehead atoms. The summed E-state index contributed by atoms with van der Waals surface area (Å²) >= 11 is 0. The Labute approximate surface area is 107 Å². The van der Waals surface area contributed by atoms with Gasteiger partial charge in [-0.25, -0.2) is 0 Å². The third kappa shape index (κ3) is 2.01. The standard InChI is InChI=1S/C15H18N2O/c1-10-15(11(2)18-17-10)9-16-14-7-6-12-4-3-5-13(12)8-14/h6-8,16H,3-5,9H2,1-2H3. The Balaban J connectivity index is 1.74. The van der Waals surface area contributed by atoms with Crippen molar-refractivity contribution in [2.24, 2.45) is 0 Å². The van der Waals surface area contributed by atoms with Crippen molar-refractivity contribution in [1.82, 2.24) is 5.16 Å². The third-order valence-corrected chi connectivity index (χ3v) is 3.75. The molecule has 18 heavy (non-hydrogen) atoms. The lowest BCUT2D eigenvalue weighted by atomic mass is 10.1. The van der Waals surface area contributed by atoms with Crippen LogP contribution in [0.2, 0.25) is 0 Å². The molecule has 94 valence electrons. The van der Waals surface area contributed by atoms with Gasteiger partial charge in [-0.2, -0.15) is 0 Å². The molecule has 3 nitrogen and oxygen atoms in total. The smallest absolute Gasteiger partial charge is 0.138 e. The van der Waals surface area contributed by atoms with Gasteiger partial charge in [0.15, 0.2) is 0 Å². The summed E-state index contributed by atoms with van der Waals surface area (Å²) < 4.78 is 5.17. The fraction of sp³-hybridized carbons (Fsp3) is 0.400. The number of nitrogens with one attached hydrogen (secondary N) is 1. The molecule has 0 saturated carbocycles. The van der Waals surface area contributed by atoms with Gasteiger partial charge in [0.25, 0.3) is 0 Å². The second kappa shape index (κ2) is 4.48. The fourth-order valence-corrected chi connectivity index (χ4v) is 2.63. The van der Waals surface area contributed by atoms with Gasteiger partial charge in [0.2, 0.25) is 0 Å². The van der Waals surface area contributed by atoms with Gasteiger partial charge in [-0.1, -0.05) is 11.2 Å². The predicted octanol–water partition coefficient (Wildman–Crippen LogP) is 3.39. The number of hydrogen-bond acceptors (Lipinski definition) is 3. The zero-order valence-corrected chi connectivity index (χ0v) is 10.9. The van der Waals surface area contributed by atoms with E-state index in [-0.39, 0.29) is 0 Å². The molecule has 0 aliphatic heterocycles. The zero-order valence-electron chi connectivity index (χ0n) is 10.9. The van der Waals surface area contributed by atoms with Crippen LogP contribution in [-0.2, 0) is 19.4 Å². The summed E-state index contributed by atoms with van der Waals surface area (Å²) in [6.07, 6.45) is 3.75. The number of hydrogen-bond donors (Lipinski definition) is 1. The molecule has 3 rings (SSSR count). The molecule has 0 unspecified atom stereocenters. The van der Waals surface area contributed by atoms with Gasteiger partial charge >= 0.3 is 0 Å². The Bertz CT molecular complexity index is 552. The van der Waals surface area contributed by atoms with Gasteiger partial charge in [0.05, 0.1) is 5.69 Å². The maximum atomic E-state index is 5.17. The first-order valence-electron chi connectivity index (χ1n) is 6.51. The molecule has 0 atom stereocenters. The van der Waals surface area contributed by atoms with E-state index in [1.165, 1.54) is 36.1 Å². The van der Waals surface area contributed by atoms with Crippen molar-refractivity contribution in [3.8, 4) is 0 Å². The lowest BCUT2D eigenvalue weighted by molar-refractivity contribution is 0.392. The Hall–Kier alpha value is -1.77. The summed E-state index contributed by atoms with van der Waals surface area (Å²) in [7, 11) is 0. The molecule has 0 fully saturated rings. The number of nitrogens with zero attached hydrogens (tertiary/aromatic N) is 1. The Morgan fingerprint density at radius 1 is 1.22 bits per heavy atom. The van der Waals surface area contributed by atoms with Gasteiger partial charge in [-0.05, 0) is 56.4 Å². The van der Waals surface area contributed by atoms with Crippen molar-refractivity contribution < 1.29 is 4.52 Å². The summed E-state index contributed by atoms with van der Waals surface area (Å²) in [6.45, 7) is 4.72. The minimum Gasteiger partial charge on any atom is -0.381 e. The second-order valence-corrected chi connectivity index (χ2v) is 4.99. The normalized spacial score (nSPS) is 13.7.